The number of amides is 1. The summed E-state index contributed by atoms with van der Waals surface area (Å²) < 4.78 is 6.81. The van der Waals surface area contributed by atoms with E-state index in [9.17, 15) is 4.79 Å². The lowest BCUT2D eigenvalue weighted by Gasteiger charge is -2.21. The van der Waals surface area contributed by atoms with Crippen molar-refractivity contribution in [3.8, 4) is 0 Å². The van der Waals surface area contributed by atoms with Crippen LogP contribution in [0.25, 0.3) is 0 Å². The Hall–Kier alpha value is -1.60. The van der Waals surface area contributed by atoms with E-state index in [2.05, 4.69) is 10.00 Å². The Morgan fingerprint density at radius 3 is 2.86 bits per heavy atom. The number of rotatable bonds is 5. The van der Waals surface area contributed by atoms with Crippen LogP contribution in [-0.2, 0) is 11.3 Å². The van der Waals surface area contributed by atoms with E-state index in [1.165, 1.54) is 0 Å². The highest BCUT2D eigenvalue weighted by Crippen LogP contribution is 2.14. The smallest absolute Gasteiger partial charge is 0.276 e. The van der Waals surface area contributed by atoms with Gasteiger partial charge in [0.25, 0.3) is 5.91 Å². The number of methoxy groups -OCH3 is 1. The number of carbonyl (C=O) groups excluding carboxylic acids is 1. The van der Waals surface area contributed by atoms with Gasteiger partial charge in [-0.3, -0.25) is 14.4 Å². The first-order chi connectivity index (χ1) is 10.2. The predicted octanol–water partition coefficient (Wildman–Crippen LogP) is 0.280. The maximum Gasteiger partial charge on any atom is 0.276 e. The van der Waals surface area contributed by atoms with Crippen LogP contribution in [0.2, 0.25) is 0 Å². The third kappa shape index (κ3) is 3.95. The Morgan fingerprint density at radius 2 is 2.19 bits per heavy atom. The number of anilines is 1. The average molecular weight is 295 g/mol. The second-order valence-electron chi connectivity index (χ2n) is 5.27. The summed E-state index contributed by atoms with van der Waals surface area (Å²) in [5.41, 5.74) is 6.74. The second kappa shape index (κ2) is 7.42. The molecule has 7 heteroatoms. The van der Waals surface area contributed by atoms with E-state index in [1.54, 1.807) is 18.0 Å². The molecule has 118 valence electrons. The molecule has 2 rings (SSSR count). The molecule has 1 amide bonds. The fraction of sp³-hybridized carbons (Fsp3) is 0.714. The molecule has 7 nitrogen and oxygen atoms in total. The summed E-state index contributed by atoms with van der Waals surface area (Å²) in [5.74, 6) is -0.0618. The maximum atomic E-state index is 12.6. The third-order valence-corrected chi connectivity index (χ3v) is 3.80. The lowest BCUT2D eigenvalue weighted by Crippen LogP contribution is -2.36. The molecule has 0 aliphatic carbocycles. The second-order valence-corrected chi connectivity index (χ2v) is 5.27. The molecule has 0 aromatic carbocycles. The summed E-state index contributed by atoms with van der Waals surface area (Å²) >= 11 is 0. The van der Waals surface area contributed by atoms with Gasteiger partial charge in [-0.25, -0.2) is 0 Å². The molecular weight excluding hydrogens is 270 g/mol. The molecule has 1 saturated heterocycles. The maximum absolute atomic E-state index is 12.6. The average Bonchev–Trinajstić information content (AvgIpc) is 2.72. The molecule has 2 N–H and O–H groups in total. The van der Waals surface area contributed by atoms with Crippen molar-refractivity contribution in [2.45, 2.75) is 19.9 Å². The number of aromatic nitrogens is 2. The summed E-state index contributed by atoms with van der Waals surface area (Å²) in [6.07, 6.45) is 2.68. The monoisotopic (exact) mass is 295 g/mol. The van der Waals surface area contributed by atoms with E-state index in [0.717, 1.165) is 39.2 Å². The molecule has 0 saturated carbocycles. The number of nitrogens with zero attached hydrogens (tertiary/aromatic N) is 4. The molecule has 0 atom stereocenters. The Morgan fingerprint density at radius 1 is 1.38 bits per heavy atom. The summed E-state index contributed by atoms with van der Waals surface area (Å²) in [5, 5.41) is 4.27. The van der Waals surface area contributed by atoms with Gasteiger partial charge in [0.05, 0.1) is 12.3 Å². The van der Waals surface area contributed by atoms with E-state index >= 15 is 0 Å². The zero-order valence-corrected chi connectivity index (χ0v) is 12.9. The number of nitrogen functional groups attached to an aromatic ring is 1. The first-order valence-electron chi connectivity index (χ1n) is 7.49. The fourth-order valence-corrected chi connectivity index (χ4v) is 2.53. The van der Waals surface area contributed by atoms with Crippen LogP contribution >= 0.6 is 0 Å². The van der Waals surface area contributed by atoms with Crippen LogP contribution in [0.15, 0.2) is 6.20 Å². The van der Waals surface area contributed by atoms with E-state index in [0.29, 0.717) is 24.5 Å². The van der Waals surface area contributed by atoms with Crippen molar-refractivity contribution in [2.75, 3.05) is 52.2 Å². The van der Waals surface area contributed by atoms with Crippen LogP contribution in [0.3, 0.4) is 0 Å². The summed E-state index contributed by atoms with van der Waals surface area (Å²) in [6.45, 7) is 7.63. The number of carbonyl (C=O) groups is 1. The fourth-order valence-electron chi connectivity index (χ4n) is 2.53. The van der Waals surface area contributed by atoms with E-state index < -0.39 is 0 Å². The molecule has 1 aromatic rings. The van der Waals surface area contributed by atoms with Gasteiger partial charge >= 0.3 is 0 Å². The Bertz CT molecular complexity index is 474. The molecule has 0 spiro atoms. The van der Waals surface area contributed by atoms with Crippen LogP contribution < -0.4 is 5.73 Å². The molecule has 1 aliphatic heterocycles. The van der Waals surface area contributed by atoms with Crippen molar-refractivity contribution in [1.82, 2.24) is 19.6 Å². The number of hydrogen-bond donors (Lipinski definition) is 1. The lowest BCUT2D eigenvalue weighted by molar-refractivity contribution is 0.0753. The molecule has 1 aliphatic rings. The van der Waals surface area contributed by atoms with Gasteiger partial charge in [-0.1, -0.05) is 0 Å². The highest BCUT2D eigenvalue weighted by Gasteiger charge is 2.23. The van der Waals surface area contributed by atoms with Crippen LogP contribution in [0.1, 0.15) is 23.8 Å². The van der Waals surface area contributed by atoms with E-state index in [1.807, 2.05) is 11.8 Å². The molecule has 21 heavy (non-hydrogen) atoms. The molecule has 1 aromatic heterocycles. The van der Waals surface area contributed by atoms with Gasteiger partial charge in [0.15, 0.2) is 5.69 Å². The predicted molar refractivity (Wildman–Crippen MR) is 81.1 cm³/mol. The van der Waals surface area contributed by atoms with Crippen molar-refractivity contribution >= 4 is 11.6 Å². The minimum Gasteiger partial charge on any atom is -0.396 e. The van der Waals surface area contributed by atoms with Crippen LogP contribution in [-0.4, -0.2) is 71.9 Å². The molecule has 0 bridgehead atoms. The van der Waals surface area contributed by atoms with Gasteiger partial charge in [-0.05, 0) is 19.9 Å². The van der Waals surface area contributed by atoms with E-state index in [-0.39, 0.29) is 5.91 Å². The van der Waals surface area contributed by atoms with Crippen LogP contribution in [0, 0.1) is 0 Å². The zero-order valence-electron chi connectivity index (χ0n) is 12.9. The zero-order chi connectivity index (χ0) is 15.2. The number of nitrogens with two attached hydrogens (primary N) is 1. The van der Waals surface area contributed by atoms with Gasteiger partial charge in [-0.15, -0.1) is 0 Å². The minimum atomic E-state index is -0.0618. The first-order valence-corrected chi connectivity index (χ1v) is 7.49. The van der Waals surface area contributed by atoms with E-state index in [4.69, 9.17) is 10.5 Å². The van der Waals surface area contributed by atoms with Gasteiger partial charge in [-0.2, -0.15) is 5.10 Å². The normalized spacial score (nSPS) is 17.0. The molecule has 1 fully saturated rings. The highest BCUT2D eigenvalue weighted by molar-refractivity contribution is 5.97. The van der Waals surface area contributed by atoms with Gasteiger partial charge in [0.1, 0.15) is 0 Å². The Labute approximate surface area is 125 Å². The lowest BCUT2D eigenvalue weighted by atomic mass is 10.3. The SMILES string of the molecule is CCn1cc(N)c(C(=O)N2CCCN(CCOC)CC2)n1. The quantitative estimate of drug-likeness (QED) is 0.844. The topological polar surface area (TPSA) is 76.6 Å². The van der Waals surface area contributed by atoms with Crippen LogP contribution in [0.5, 0.6) is 0 Å². The van der Waals surface area contributed by atoms with Crippen molar-refractivity contribution in [3.63, 3.8) is 0 Å². The Balaban J connectivity index is 1.98. The standard InChI is InChI=1S/C14H25N5O2/c1-3-19-11-12(15)13(16-19)14(20)18-6-4-5-17(7-8-18)9-10-21-2/h11H,3-10,15H2,1-2H3. The minimum absolute atomic E-state index is 0.0618. The summed E-state index contributed by atoms with van der Waals surface area (Å²) in [7, 11) is 1.71. The van der Waals surface area contributed by atoms with Crippen molar-refractivity contribution in [3.05, 3.63) is 11.9 Å². The van der Waals surface area contributed by atoms with Crippen molar-refractivity contribution < 1.29 is 9.53 Å². The van der Waals surface area contributed by atoms with Crippen molar-refractivity contribution in [1.29, 1.82) is 0 Å². The number of aryl methyl sites for hydroxylation is 1. The molecular formula is C14H25N5O2. The number of hydrogen-bond acceptors (Lipinski definition) is 5. The summed E-state index contributed by atoms with van der Waals surface area (Å²) in [6, 6.07) is 0. The highest BCUT2D eigenvalue weighted by atomic mass is 16.5. The first kappa shape index (κ1) is 15.8. The number of ether oxygens (including phenoxy) is 1. The molecule has 0 radical (unpaired) electrons. The van der Waals surface area contributed by atoms with Gasteiger partial charge < -0.3 is 15.4 Å². The van der Waals surface area contributed by atoms with Crippen molar-refractivity contribution in [2.24, 2.45) is 0 Å². The van der Waals surface area contributed by atoms with Crippen LogP contribution in [0.4, 0.5) is 5.69 Å². The largest absolute Gasteiger partial charge is 0.396 e. The van der Waals surface area contributed by atoms with Gasteiger partial charge in [0.2, 0.25) is 0 Å². The summed E-state index contributed by atoms with van der Waals surface area (Å²) in [4.78, 5) is 16.7. The molecule has 2 heterocycles. The third-order valence-electron chi connectivity index (χ3n) is 3.80. The van der Waals surface area contributed by atoms with Gasteiger partial charge in [0, 0.05) is 46.0 Å². The molecule has 0 unspecified atom stereocenters. The Kier molecular flexibility index (Phi) is 5.58.